The number of fused-ring (bicyclic) bond motifs is 5. The van der Waals surface area contributed by atoms with Gasteiger partial charge in [0, 0.05) is 37.7 Å². The Labute approximate surface area is 410 Å². The molecule has 3 fully saturated rings. The van der Waals surface area contributed by atoms with Crippen LogP contribution in [0.2, 0.25) is 0 Å². The van der Waals surface area contributed by atoms with Crippen molar-refractivity contribution in [3.05, 3.63) is 155 Å². The van der Waals surface area contributed by atoms with E-state index in [0.29, 0.717) is 11.8 Å². The molecular formula is C55H57NO15. The molecule has 0 spiro atoms. The summed E-state index contributed by atoms with van der Waals surface area (Å²) in [7, 11) is 0. The topological polar surface area (TPSA) is 227 Å². The van der Waals surface area contributed by atoms with Crippen molar-refractivity contribution in [3.8, 4) is 0 Å². The lowest BCUT2D eigenvalue weighted by Crippen LogP contribution is -2.82. The van der Waals surface area contributed by atoms with E-state index in [1.165, 1.54) is 31.2 Å². The van der Waals surface area contributed by atoms with Gasteiger partial charge in [-0.1, -0.05) is 98.8 Å². The van der Waals surface area contributed by atoms with Gasteiger partial charge in [0.1, 0.15) is 23.9 Å². The lowest BCUT2D eigenvalue weighted by atomic mass is 9.44. The van der Waals surface area contributed by atoms with Crippen molar-refractivity contribution in [2.75, 3.05) is 13.2 Å². The van der Waals surface area contributed by atoms with Gasteiger partial charge in [-0.05, 0) is 67.0 Å². The van der Waals surface area contributed by atoms with Crippen LogP contribution in [0.4, 0.5) is 0 Å². The Morgan fingerprint density at radius 1 is 0.803 bits per heavy atom. The quantitative estimate of drug-likeness (QED) is 0.0601. The SMILES string of the molecule is CC(=O)O[C@H]1C(=O)[C@@]2(C)C([C@H](OC(=O)c3ccccc3)[C@]3(O)C[C@H](OC[C@](C=O)(OC(=O)c4ccccc4)[C@@H](NC(=O)c4ccccc4)c4ccccc4)C(C)=C1C3(C)C)[C@]1(OC(C)=O)CO[C@@H]1C[C@@H]2O. The number of Topliss-reactive ketones (excluding diaryl/α,β-unsaturated/α-hetero) is 1. The lowest BCUT2D eigenvalue weighted by molar-refractivity contribution is -0.346. The Bertz CT molecular complexity index is 2730. The minimum Gasteiger partial charge on any atom is -0.455 e. The number of aliphatic hydroxyl groups excluding tert-OH is 1. The summed E-state index contributed by atoms with van der Waals surface area (Å²) in [5.74, 6) is -6.60. The molecule has 0 aromatic heterocycles. The molecule has 3 N–H and O–H groups in total. The van der Waals surface area contributed by atoms with Gasteiger partial charge in [0.05, 0.1) is 47.9 Å². The van der Waals surface area contributed by atoms with E-state index in [9.17, 15) is 39.0 Å². The number of benzene rings is 4. The van der Waals surface area contributed by atoms with E-state index in [2.05, 4.69) is 5.32 Å². The minimum absolute atomic E-state index is 0.0348. The number of hydrogen-bond acceptors (Lipinski definition) is 15. The molecule has 1 saturated heterocycles. The number of carbonyl (C=O) groups excluding carboxylic acids is 7. The number of rotatable bonds is 14. The molecule has 3 aliphatic carbocycles. The minimum atomic E-state index is -2.39. The number of carbonyl (C=O) groups is 7. The van der Waals surface area contributed by atoms with Crippen molar-refractivity contribution in [1.29, 1.82) is 0 Å². The van der Waals surface area contributed by atoms with Crippen molar-refractivity contribution in [1.82, 2.24) is 5.32 Å². The van der Waals surface area contributed by atoms with Gasteiger partial charge < -0.3 is 44.0 Å². The number of aliphatic hydroxyl groups is 2. The number of ketones is 1. The van der Waals surface area contributed by atoms with Crippen LogP contribution in [-0.2, 0) is 47.6 Å². The molecule has 1 heterocycles. The fourth-order valence-electron chi connectivity index (χ4n) is 11.3. The molecule has 372 valence electrons. The second-order valence-corrected chi connectivity index (χ2v) is 19.6. The molecular weight excluding hydrogens is 915 g/mol. The Balaban J connectivity index is 1.32. The molecule has 0 radical (unpaired) electrons. The largest absolute Gasteiger partial charge is 0.455 e. The summed E-state index contributed by atoms with van der Waals surface area (Å²) in [5.41, 5.74) is -9.33. The standard InChI is InChI=1S/C55H57NO15/c1-32-39(66-30-53(29-57,71-50(64)38-25-17-10-18-26-38)45(35-19-11-7-12-20-35)56-48(62)36-21-13-8-14-22-36)28-55(65)47(69-49(63)37-23-15-9-16-24-37)44-52(6,40(60)27-41-54(44,31-67-41)70-34(3)59)46(61)43(68-33(2)58)42(32)51(55,4)5/h7-26,29,39-41,43-45,47,60,65H,27-28,30-31H2,1-6H3,(H,56,62)/t39-,40-,41+,43+,44?,45-,47-,52+,53-,54-,55+/m0/s1. The van der Waals surface area contributed by atoms with Gasteiger partial charge in [-0.15, -0.1) is 0 Å². The van der Waals surface area contributed by atoms with E-state index in [0.717, 1.165) is 13.8 Å². The third kappa shape index (κ3) is 8.76. The molecule has 4 aliphatic rings. The molecule has 1 amide bonds. The first-order chi connectivity index (χ1) is 33.7. The molecule has 2 bridgehead atoms. The highest BCUT2D eigenvalue weighted by atomic mass is 16.6. The van der Waals surface area contributed by atoms with Crippen LogP contribution in [-0.4, -0.2) is 113 Å². The van der Waals surface area contributed by atoms with E-state index in [-0.39, 0.29) is 40.9 Å². The number of nitrogens with one attached hydrogen (secondary N) is 1. The van der Waals surface area contributed by atoms with Gasteiger partial charge in [-0.2, -0.15) is 0 Å². The van der Waals surface area contributed by atoms with E-state index in [1.54, 1.807) is 118 Å². The average Bonchev–Trinajstić information content (AvgIpc) is 3.35. The van der Waals surface area contributed by atoms with Crippen molar-refractivity contribution >= 4 is 41.9 Å². The summed E-state index contributed by atoms with van der Waals surface area (Å²) >= 11 is 0. The maximum atomic E-state index is 15.8. The van der Waals surface area contributed by atoms with Crippen LogP contribution in [0, 0.1) is 16.7 Å². The van der Waals surface area contributed by atoms with Crippen molar-refractivity contribution in [3.63, 3.8) is 0 Å². The van der Waals surface area contributed by atoms with Crippen LogP contribution in [0.3, 0.4) is 0 Å². The van der Waals surface area contributed by atoms with Crippen LogP contribution in [0.5, 0.6) is 0 Å². The summed E-state index contributed by atoms with van der Waals surface area (Å²) in [6.07, 6.45) is -8.00. The summed E-state index contributed by atoms with van der Waals surface area (Å²) < 4.78 is 37.6. The molecule has 4 aromatic rings. The smallest absolute Gasteiger partial charge is 0.339 e. The van der Waals surface area contributed by atoms with Gasteiger partial charge in [-0.3, -0.25) is 24.0 Å². The second kappa shape index (κ2) is 19.4. The Morgan fingerprint density at radius 3 is 1.87 bits per heavy atom. The monoisotopic (exact) mass is 971 g/mol. The number of amides is 1. The Morgan fingerprint density at radius 2 is 1.35 bits per heavy atom. The molecule has 16 nitrogen and oxygen atoms in total. The highest BCUT2D eigenvalue weighted by molar-refractivity contribution is 5.97. The first-order valence-electron chi connectivity index (χ1n) is 23.4. The predicted octanol–water partition coefficient (Wildman–Crippen LogP) is 5.64. The normalized spacial score (nSPS) is 29.7. The van der Waals surface area contributed by atoms with E-state index in [4.69, 9.17) is 28.4 Å². The number of aldehydes is 1. The first-order valence-corrected chi connectivity index (χ1v) is 23.4. The summed E-state index contributed by atoms with van der Waals surface area (Å²) in [5, 5.41) is 29.2. The van der Waals surface area contributed by atoms with Crippen LogP contribution < -0.4 is 5.32 Å². The van der Waals surface area contributed by atoms with Gasteiger partial charge in [0.25, 0.3) is 5.91 Å². The lowest BCUT2D eigenvalue weighted by Gasteiger charge is -2.67. The zero-order chi connectivity index (χ0) is 51.1. The average molecular weight is 972 g/mol. The zero-order valence-electron chi connectivity index (χ0n) is 40.2. The summed E-state index contributed by atoms with van der Waals surface area (Å²) in [6.45, 7) is 7.32. The fraction of sp³-hybridized carbons (Fsp3) is 0.400. The molecule has 8 rings (SSSR count). The van der Waals surface area contributed by atoms with Crippen molar-refractivity contribution < 1.29 is 72.2 Å². The van der Waals surface area contributed by atoms with Gasteiger partial charge in [0.15, 0.2) is 23.8 Å². The predicted molar refractivity (Wildman–Crippen MR) is 252 cm³/mol. The maximum absolute atomic E-state index is 15.8. The highest BCUT2D eigenvalue weighted by Crippen LogP contribution is 2.64. The molecule has 11 atom stereocenters. The van der Waals surface area contributed by atoms with E-state index >= 15 is 4.79 Å². The van der Waals surface area contributed by atoms with Crippen LogP contribution >= 0.6 is 0 Å². The Hall–Kier alpha value is -6.85. The highest BCUT2D eigenvalue weighted by Gasteiger charge is 2.78. The third-order valence-corrected chi connectivity index (χ3v) is 15.1. The van der Waals surface area contributed by atoms with E-state index < -0.39 is 119 Å². The number of ether oxygens (including phenoxy) is 6. The van der Waals surface area contributed by atoms with E-state index in [1.807, 2.05) is 0 Å². The van der Waals surface area contributed by atoms with Gasteiger partial charge in [0.2, 0.25) is 5.60 Å². The zero-order valence-corrected chi connectivity index (χ0v) is 40.2. The van der Waals surface area contributed by atoms with Crippen molar-refractivity contribution in [2.24, 2.45) is 16.7 Å². The first kappa shape index (κ1) is 50.5. The molecule has 71 heavy (non-hydrogen) atoms. The number of esters is 4. The fourth-order valence-corrected chi connectivity index (χ4v) is 11.3. The Kier molecular flexibility index (Phi) is 13.8. The van der Waals surface area contributed by atoms with Crippen molar-refractivity contribution in [2.45, 2.75) is 108 Å². The molecule has 16 heteroatoms. The van der Waals surface area contributed by atoms with Gasteiger partial charge >= 0.3 is 23.9 Å². The molecule has 4 aromatic carbocycles. The van der Waals surface area contributed by atoms with Gasteiger partial charge in [-0.25, -0.2) is 9.59 Å². The maximum Gasteiger partial charge on any atom is 0.339 e. The molecule has 2 saturated carbocycles. The summed E-state index contributed by atoms with van der Waals surface area (Å²) in [6, 6.07) is 30.8. The number of hydrogen-bond donors (Lipinski definition) is 3. The van der Waals surface area contributed by atoms with Crippen LogP contribution in [0.15, 0.2) is 132 Å². The van der Waals surface area contributed by atoms with Crippen LogP contribution in [0.1, 0.15) is 97.1 Å². The molecule has 1 aliphatic heterocycles. The third-order valence-electron chi connectivity index (χ3n) is 15.1. The molecule has 1 unspecified atom stereocenters. The van der Waals surface area contributed by atoms with Crippen LogP contribution in [0.25, 0.3) is 0 Å². The second-order valence-electron chi connectivity index (χ2n) is 19.6. The summed E-state index contributed by atoms with van der Waals surface area (Å²) in [4.78, 5) is 99.1.